The minimum absolute atomic E-state index is 0.0363. The predicted molar refractivity (Wildman–Crippen MR) is 116 cm³/mol. The third kappa shape index (κ3) is 5.65. The SMILES string of the molecule is COc1ccc(CNC(=O)c2cc(C(F)(F)F)ccc2N(CCO)[C@H]2CCNC2)cc1Cl. The standard InChI is InChI=1S/C22H25ClF3N3O3/c1-32-20-5-2-14(10-18(20)23)12-28-21(31)17-11-15(22(24,25)26)3-4-19(17)29(8-9-30)16-6-7-27-13-16/h2-5,10-11,16,27,30H,6-9,12-13H2,1H3,(H,28,31)/t16-/m0/s1. The average Bonchev–Trinajstić information content (AvgIpc) is 3.29. The van der Waals surface area contributed by atoms with E-state index in [9.17, 15) is 23.1 Å². The number of nitrogens with zero attached hydrogens (tertiary/aromatic N) is 1. The number of aliphatic hydroxyl groups is 1. The van der Waals surface area contributed by atoms with E-state index in [0.29, 0.717) is 28.6 Å². The lowest BCUT2D eigenvalue weighted by Crippen LogP contribution is -2.40. The second kappa shape index (κ2) is 10.4. The molecule has 0 aliphatic carbocycles. The van der Waals surface area contributed by atoms with Crippen LogP contribution in [0.5, 0.6) is 5.75 Å². The largest absolute Gasteiger partial charge is 0.495 e. The monoisotopic (exact) mass is 471 g/mol. The summed E-state index contributed by atoms with van der Waals surface area (Å²) in [5.41, 5.74) is 0.0167. The molecule has 3 N–H and O–H groups in total. The van der Waals surface area contributed by atoms with E-state index in [-0.39, 0.29) is 31.3 Å². The molecule has 1 heterocycles. The van der Waals surface area contributed by atoms with Crippen LogP contribution < -0.4 is 20.3 Å². The van der Waals surface area contributed by atoms with Crippen molar-refractivity contribution in [3.05, 3.63) is 58.1 Å². The fourth-order valence-electron chi connectivity index (χ4n) is 3.76. The Balaban J connectivity index is 1.90. The van der Waals surface area contributed by atoms with Crippen molar-refractivity contribution in [2.24, 2.45) is 0 Å². The number of benzene rings is 2. The normalized spacial score (nSPS) is 16.1. The molecule has 0 bridgehead atoms. The maximum atomic E-state index is 13.4. The highest BCUT2D eigenvalue weighted by atomic mass is 35.5. The van der Waals surface area contributed by atoms with Gasteiger partial charge in [-0.3, -0.25) is 4.79 Å². The molecule has 6 nitrogen and oxygen atoms in total. The Hall–Kier alpha value is -2.49. The summed E-state index contributed by atoms with van der Waals surface area (Å²) in [5.74, 6) is -0.168. The fraction of sp³-hybridized carbons (Fsp3) is 0.409. The first-order chi connectivity index (χ1) is 15.2. The number of ether oxygens (including phenoxy) is 1. The van der Waals surface area contributed by atoms with Crippen LogP contribution in [0.25, 0.3) is 0 Å². The summed E-state index contributed by atoms with van der Waals surface area (Å²) >= 11 is 6.11. The number of hydrogen-bond acceptors (Lipinski definition) is 5. The van der Waals surface area contributed by atoms with Crippen molar-refractivity contribution in [3.63, 3.8) is 0 Å². The van der Waals surface area contributed by atoms with Crippen molar-refractivity contribution in [2.75, 3.05) is 38.3 Å². The van der Waals surface area contributed by atoms with Gasteiger partial charge >= 0.3 is 6.18 Å². The van der Waals surface area contributed by atoms with Crippen molar-refractivity contribution in [3.8, 4) is 5.75 Å². The molecule has 1 fully saturated rings. The van der Waals surface area contributed by atoms with Gasteiger partial charge in [0.15, 0.2) is 0 Å². The number of methoxy groups -OCH3 is 1. The van der Waals surface area contributed by atoms with Gasteiger partial charge in [-0.05, 0) is 48.9 Å². The van der Waals surface area contributed by atoms with Gasteiger partial charge in [0.05, 0.1) is 29.9 Å². The van der Waals surface area contributed by atoms with Crippen molar-refractivity contribution in [1.29, 1.82) is 0 Å². The highest BCUT2D eigenvalue weighted by molar-refractivity contribution is 6.32. The maximum absolute atomic E-state index is 13.4. The first kappa shape index (κ1) is 24.2. The molecule has 32 heavy (non-hydrogen) atoms. The second-order valence-electron chi connectivity index (χ2n) is 7.44. The smallest absolute Gasteiger partial charge is 0.416 e. The van der Waals surface area contributed by atoms with Gasteiger partial charge < -0.3 is 25.4 Å². The summed E-state index contributed by atoms with van der Waals surface area (Å²) < 4.78 is 45.2. The molecule has 0 aromatic heterocycles. The first-order valence-corrected chi connectivity index (χ1v) is 10.5. The van der Waals surface area contributed by atoms with Crippen molar-refractivity contribution in [2.45, 2.75) is 25.2 Å². The Kier molecular flexibility index (Phi) is 7.86. The Labute approximate surface area is 189 Å². The van der Waals surface area contributed by atoms with Crippen LogP contribution in [0.2, 0.25) is 5.02 Å². The van der Waals surface area contributed by atoms with E-state index < -0.39 is 17.6 Å². The van der Waals surface area contributed by atoms with Gasteiger partial charge in [-0.1, -0.05) is 17.7 Å². The molecule has 1 saturated heterocycles. The first-order valence-electron chi connectivity index (χ1n) is 10.1. The fourth-order valence-corrected chi connectivity index (χ4v) is 4.04. The number of carbonyl (C=O) groups is 1. The van der Waals surface area contributed by atoms with E-state index >= 15 is 0 Å². The Morgan fingerprint density at radius 3 is 2.69 bits per heavy atom. The predicted octanol–water partition coefficient (Wildman–Crippen LogP) is 3.46. The van der Waals surface area contributed by atoms with Crippen molar-refractivity contribution in [1.82, 2.24) is 10.6 Å². The van der Waals surface area contributed by atoms with E-state index in [2.05, 4.69) is 10.6 Å². The van der Waals surface area contributed by atoms with Crippen molar-refractivity contribution < 1.29 is 27.8 Å². The van der Waals surface area contributed by atoms with Gasteiger partial charge in [0.1, 0.15) is 5.75 Å². The topological polar surface area (TPSA) is 73.8 Å². The molecule has 0 radical (unpaired) electrons. The van der Waals surface area contributed by atoms with E-state index in [1.165, 1.54) is 13.2 Å². The van der Waals surface area contributed by atoms with Gasteiger partial charge in [0, 0.05) is 31.4 Å². The van der Waals surface area contributed by atoms with E-state index in [0.717, 1.165) is 25.1 Å². The molecular formula is C22H25ClF3N3O3. The lowest BCUT2D eigenvalue weighted by Gasteiger charge is -2.32. The van der Waals surface area contributed by atoms with Crippen LogP contribution in [0.15, 0.2) is 36.4 Å². The molecule has 1 atom stereocenters. The molecule has 10 heteroatoms. The number of alkyl halides is 3. The van der Waals surface area contributed by atoms with E-state index in [4.69, 9.17) is 16.3 Å². The molecular weight excluding hydrogens is 447 g/mol. The lowest BCUT2D eigenvalue weighted by atomic mass is 10.0. The summed E-state index contributed by atoms with van der Waals surface area (Å²) in [7, 11) is 1.48. The number of carbonyl (C=O) groups excluding carboxylic acids is 1. The van der Waals surface area contributed by atoms with Crippen LogP contribution >= 0.6 is 11.6 Å². The summed E-state index contributed by atoms with van der Waals surface area (Å²) in [4.78, 5) is 14.8. The zero-order chi connectivity index (χ0) is 23.3. The average molecular weight is 472 g/mol. The molecule has 1 aliphatic rings. The number of hydrogen-bond donors (Lipinski definition) is 3. The second-order valence-corrected chi connectivity index (χ2v) is 7.85. The van der Waals surface area contributed by atoms with Crippen LogP contribution in [-0.2, 0) is 12.7 Å². The number of halogens is 4. The third-order valence-electron chi connectivity index (χ3n) is 5.36. The maximum Gasteiger partial charge on any atom is 0.416 e. The van der Waals surface area contributed by atoms with Crippen LogP contribution in [0, 0.1) is 0 Å². The van der Waals surface area contributed by atoms with Crippen LogP contribution in [-0.4, -0.2) is 50.4 Å². The van der Waals surface area contributed by atoms with E-state index in [1.807, 2.05) is 0 Å². The number of nitrogens with one attached hydrogen (secondary N) is 2. The van der Waals surface area contributed by atoms with Crippen LogP contribution in [0.3, 0.4) is 0 Å². The quantitative estimate of drug-likeness (QED) is 0.550. The third-order valence-corrected chi connectivity index (χ3v) is 5.66. The highest BCUT2D eigenvalue weighted by Crippen LogP contribution is 2.34. The van der Waals surface area contributed by atoms with Gasteiger partial charge in [0.25, 0.3) is 5.91 Å². The Morgan fingerprint density at radius 1 is 1.31 bits per heavy atom. The molecule has 0 saturated carbocycles. The van der Waals surface area contributed by atoms with Crippen molar-refractivity contribution >= 4 is 23.2 Å². The molecule has 1 aliphatic heterocycles. The number of amides is 1. The molecule has 2 aromatic carbocycles. The summed E-state index contributed by atoms with van der Waals surface area (Å²) in [6, 6.07) is 8.06. The molecule has 3 rings (SSSR count). The Morgan fingerprint density at radius 2 is 2.09 bits per heavy atom. The number of anilines is 1. The number of rotatable bonds is 8. The van der Waals surface area contributed by atoms with Crippen LogP contribution in [0.4, 0.5) is 18.9 Å². The van der Waals surface area contributed by atoms with E-state index in [1.54, 1.807) is 23.1 Å². The van der Waals surface area contributed by atoms with Gasteiger partial charge in [-0.25, -0.2) is 0 Å². The molecule has 2 aromatic rings. The summed E-state index contributed by atoms with van der Waals surface area (Å²) in [5, 5.41) is 15.8. The minimum Gasteiger partial charge on any atom is -0.495 e. The Bertz CT molecular complexity index is 950. The van der Waals surface area contributed by atoms with Crippen LogP contribution in [0.1, 0.15) is 27.9 Å². The van der Waals surface area contributed by atoms with Gasteiger partial charge in [-0.15, -0.1) is 0 Å². The minimum atomic E-state index is -4.59. The van der Waals surface area contributed by atoms with Gasteiger partial charge in [-0.2, -0.15) is 13.2 Å². The zero-order valence-corrected chi connectivity index (χ0v) is 18.3. The zero-order valence-electron chi connectivity index (χ0n) is 17.5. The molecule has 0 spiro atoms. The molecule has 174 valence electrons. The number of aliphatic hydroxyl groups excluding tert-OH is 1. The lowest BCUT2D eigenvalue weighted by molar-refractivity contribution is -0.137. The highest BCUT2D eigenvalue weighted by Gasteiger charge is 2.33. The molecule has 1 amide bonds. The summed E-state index contributed by atoms with van der Waals surface area (Å²) in [6.45, 7) is 1.46. The molecule has 0 unspecified atom stereocenters. The van der Waals surface area contributed by atoms with Gasteiger partial charge in [0.2, 0.25) is 0 Å². The summed E-state index contributed by atoms with van der Waals surface area (Å²) in [6.07, 6.45) is -3.83.